The van der Waals surface area contributed by atoms with E-state index in [1.54, 1.807) is 4.90 Å². The molecule has 2 rings (SSSR count). The molecule has 1 saturated heterocycles. The second-order valence-corrected chi connectivity index (χ2v) is 3.45. The second kappa shape index (κ2) is 3.49. The molecule has 0 radical (unpaired) electrons. The molecule has 0 aliphatic carbocycles. The standard InChI is InChI=1S/C9H11F2N3/c10-6-3-8(11)9(13-4-6)14-2-1-7(12)5-14/h3-4,7H,1-2,5,12H2/t7-/m1/s1. The van der Waals surface area contributed by atoms with Gasteiger partial charge in [0.2, 0.25) is 0 Å². The molecule has 14 heavy (non-hydrogen) atoms. The highest BCUT2D eigenvalue weighted by molar-refractivity contribution is 5.41. The predicted molar refractivity (Wildman–Crippen MR) is 49.0 cm³/mol. The summed E-state index contributed by atoms with van der Waals surface area (Å²) in [4.78, 5) is 5.45. The number of halogens is 2. The van der Waals surface area contributed by atoms with Crippen molar-refractivity contribution in [3.8, 4) is 0 Å². The zero-order valence-electron chi connectivity index (χ0n) is 7.58. The lowest BCUT2D eigenvalue weighted by molar-refractivity contribution is 0.570. The number of nitrogens with two attached hydrogens (primary N) is 1. The van der Waals surface area contributed by atoms with Crippen LogP contribution in [0.3, 0.4) is 0 Å². The van der Waals surface area contributed by atoms with Crippen LogP contribution in [0, 0.1) is 11.6 Å². The smallest absolute Gasteiger partial charge is 0.168 e. The van der Waals surface area contributed by atoms with Gasteiger partial charge < -0.3 is 10.6 Å². The van der Waals surface area contributed by atoms with E-state index in [1.165, 1.54) is 0 Å². The van der Waals surface area contributed by atoms with E-state index in [2.05, 4.69) is 4.98 Å². The maximum Gasteiger partial charge on any atom is 0.168 e. The quantitative estimate of drug-likeness (QED) is 0.730. The van der Waals surface area contributed by atoms with Crippen molar-refractivity contribution in [2.45, 2.75) is 12.5 Å². The molecule has 2 N–H and O–H groups in total. The van der Waals surface area contributed by atoms with E-state index < -0.39 is 11.6 Å². The summed E-state index contributed by atoms with van der Waals surface area (Å²) in [5.74, 6) is -1.09. The van der Waals surface area contributed by atoms with Crippen LogP contribution in [0.2, 0.25) is 0 Å². The van der Waals surface area contributed by atoms with Crippen molar-refractivity contribution >= 4 is 5.82 Å². The number of aromatic nitrogens is 1. The largest absolute Gasteiger partial charge is 0.353 e. The summed E-state index contributed by atoms with van der Waals surface area (Å²) in [6.07, 6.45) is 1.83. The Hall–Kier alpha value is -1.23. The minimum atomic E-state index is -0.658. The van der Waals surface area contributed by atoms with Gasteiger partial charge >= 0.3 is 0 Å². The molecule has 1 aromatic heterocycles. The van der Waals surface area contributed by atoms with Gasteiger partial charge in [-0.25, -0.2) is 13.8 Å². The number of pyridine rings is 1. The van der Waals surface area contributed by atoms with Crippen LogP contribution in [-0.2, 0) is 0 Å². The van der Waals surface area contributed by atoms with Gasteiger partial charge in [-0.3, -0.25) is 0 Å². The van der Waals surface area contributed by atoms with E-state index >= 15 is 0 Å². The molecule has 1 fully saturated rings. The Morgan fingerprint density at radius 2 is 2.29 bits per heavy atom. The molecular weight excluding hydrogens is 188 g/mol. The number of anilines is 1. The van der Waals surface area contributed by atoms with Gasteiger partial charge in [-0.15, -0.1) is 0 Å². The predicted octanol–water partition coefficient (Wildman–Crippen LogP) is 0.897. The van der Waals surface area contributed by atoms with E-state index in [0.29, 0.717) is 13.1 Å². The minimum absolute atomic E-state index is 0.0567. The van der Waals surface area contributed by atoms with Gasteiger partial charge in [0.25, 0.3) is 0 Å². The third-order valence-electron chi connectivity index (χ3n) is 2.31. The van der Waals surface area contributed by atoms with Crippen LogP contribution in [-0.4, -0.2) is 24.1 Å². The number of hydrogen-bond donors (Lipinski definition) is 1. The van der Waals surface area contributed by atoms with E-state index in [0.717, 1.165) is 18.7 Å². The number of hydrogen-bond acceptors (Lipinski definition) is 3. The lowest BCUT2D eigenvalue weighted by Gasteiger charge is -2.16. The molecule has 0 saturated carbocycles. The van der Waals surface area contributed by atoms with Gasteiger partial charge in [0.05, 0.1) is 6.20 Å². The molecule has 0 unspecified atom stereocenters. The molecule has 3 nitrogen and oxygen atoms in total. The molecular formula is C9H11F2N3. The number of nitrogens with zero attached hydrogens (tertiary/aromatic N) is 2. The number of rotatable bonds is 1. The topological polar surface area (TPSA) is 42.1 Å². The molecule has 0 bridgehead atoms. The average Bonchev–Trinajstić information content (AvgIpc) is 2.51. The Labute approximate surface area is 80.5 Å². The van der Waals surface area contributed by atoms with Crippen molar-refractivity contribution in [1.29, 1.82) is 0 Å². The maximum atomic E-state index is 13.2. The highest BCUT2D eigenvalue weighted by atomic mass is 19.1. The fourth-order valence-corrected chi connectivity index (χ4v) is 1.62. The van der Waals surface area contributed by atoms with Crippen LogP contribution >= 0.6 is 0 Å². The summed E-state index contributed by atoms with van der Waals surface area (Å²) in [5, 5.41) is 0. The first-order valence-electron chi connectivity index (χ1n) is 4.48. The zero-order valence-corrected chi connectivity index (χ0v) is 7.58. The molecule has 76 valence electrons. The van der Waals surface area contributed by atoms with Crippen molar-refractivity contribution in [3.05, 3.63) is 23.9 Å². The first-order chi connectivity index (χ1) is 6.66. The van der Waals surface area contributed by atoms with E-state index in [4.69, 9.17) is 5.73 Å². The summed E-state index contributed by atoms with van der Waals surface area (Å²) in [6, 6.07) is 0.896. The first kappa shape index (κ1) is 9.33. The normalized spacial score (nSPS) is 21.6. The van der Waals surface area contributed by atoms with Crippen molar-refractivity contribution in [2.75, 3.05) is 18.0 Å². The van der Waals surface area contributed by atoms with Crippen LogP contribution in [0.25, 0.3) is 0 Å². The summed E-state index contributed by atoms with van der Waals surface area (Å²) in [5.41, 5.74) is 5.68. The van der Waals surface area contributed by atoms with Gasteiger partial charge in [0.15, 0.2) is 11.6 Å². The molecule has 2 heterocycles. The summed E-state index contributed by atoms with van der Waals surface area (Å²) < 4.78 is 25.8. The van der Waals surface area contributed by atoms with Gasteiger partial charge in [-0.2, -0.15) is 0 Å². The van der Waals surface area contributed by atoms with Crippen LogP contribution in [0.4, 0.5) is 14.6 Å². The fraction of sp³-hybridized carbons (Fsp3) is 0.444. The third-order valence-corrected chi connectivity index (χ3v) is 2.31. The highest BCUT2D eigenvalue weighted by Gasteiger charge is 2.22. The van der Waals surface area contributed by atoms with Gasteiger partial charge in [-0.1, -0.05) is 0 Å². The Morgan fingerprint density at radius 3 is 2.86 bits per heavy atom. The highest BCUT2D eigenvalue weighted by Crippen LogP contribution is 2.20. The average molecular weight is 199 g/mol. The minimum Gasteiger partial charge on any atom is -0.353 e. The first-order valence-corrected chi connectivity index (χ1v) is 4.48. The monoisotopic (exact) mass is 199 g/mol. The molecule has 5 heteroatoms. The van der Waals surface area contributed by atoms with E-state index in [-0.39, 0.29) is 11.9 Å². The molecule has 1 atom stereocenters. The van der Waals surface area contributed by atoms with Crippen LogP contribution in [0.5, 0.6) is 0 Å². The van der Waals surface area contributed by atoms with Crippen molar-refractivity contribution in [2.24, 2.45) is 5.73 Å². The SMILES string of the molecule is N[C@@H]1CCN(c2ncc(F)cc2F)C1. The molecule has 0 spiro atoms. The van der Waals surface area contributed by atoms with Gasteiger partial charge in [0.1, 0.15) is 5.82 Å². The second-order valence-electron chi connectivity index (χ2n) is 3.45. The molecule has 0 aromatic carbocycles. The van der Waals surface area contributed by atoms with E-state index in [1.807, 2.05) is 0 Å². The van der Waals surface area contributed by atoms with Gasteiger partial charge in [-0.05, 0) is 6.42 Å². The Morgan fingerprint density at radius 1 is 1.50 bits per heavy atom. The third kappa shape index (κ3) is 1.68. The Bertz CT molecular complexity index is 343. The maximum absolute atomic E-state index is 13.2. The van der Waals surface area contributed by atoms with Crippen molar-refractivity contribution < 1.29 is 8.78 Å². The molecule has 1 aliphatic heterocycles. The summed E-state index contributed by atoms with van der Waals surface area (Å²) in [7, 11) is 0. The fourth-order valence-electron chi connectivity index (χ4n) is 1.62. The van der Waals surface area contributed by atoms with Gasteiger partial charge in [0, 0.05) is 25.2 Å². The van der Waals surface area contributed by atoms with E-state index in [9.17, 15) is 8.78 Å². The summed E-state index contributed by atoms with van der Waals surface area (Å²) in [6.45, 7) is 1.26. The lowest BCUT2D eigenvalue weighted by atomic mass is 10.3. The van der Waals surface area contributed by atoms with Crippen LogP contribution < -0.4 is 10.6 Å². The van der Waals surface area contributed by atoms with Crippen LogP contribution in [0.15, 0.2) is 12.3 Å². The molecule has 0 amide bonds. The lowest BCUT2D eigenvalue weighted by Crippen LogP contribution is -2.27. The van der Waals surface area contributed by atoms with Crippen molar-refractivity contribution in [1.82, 2.24) is 4.98 Å². The summed E-state index contributed by atoms with van der Waals surface area (Å²) >= 11 is 0. The van der Waals surface area contributed by atoms with Crippen molar-refractivity contribution in [3.63, 3.8) is 0 Å². The van der Waals surface area contributed by atoms with Crippen LogP contribution in [0.1, 0.15) is 6.42 Å². The zero-order chi connectivity index (χ0) is 10.1. The molecule has 1 aromatic rings. The Kier molecular flexibility index (Phi) is 2.33. The molecule has 1 aliphatic rings. The Balaban J connectivity index is 2.24.